The average Bonchev–Trinajstić information content (AvgIpc) is 3.34. The van der Waals surface area contributed by atoms with Crippen LogP contribution in [-0.4, -0.2) is 30.5 Å². The van der Waals surface area contributed by atoms with Gasteiger partial charge in [-0.1, -0.05) is 23.2 Å². The van der Waals surface area contributed by atoms with E-state index in [1.165, 1.54) is 0 Å². The lowest BCUT2D eigenvalue weighted by atomic mass is 9.64. The van der Waals surface area contributed by atoms with Crippen molar-refractivity contribution in [2.75, 3.05) is 0 Å². The van der Waals surface area contributed by atoms with Gasteiger partial charge in [-0.25, -0.2) is 15.0 Å². The molecule has 0 bridgehead atoms. The summed E-state index contributed by atoms with van der Waals surface area (Å²) in [6.45, 7) is 0. The highest BCUT2D eigenvalue weighted by molar-refractivity contribution is 6.29. The zero-order valence-electron chi connectivity index (χ0n) is 14.7. The maximum absolute atomic E-state index is 12.8. The third-order valence-corrected chi connectivity index (χ3v) is 5.91. The van der Waals surface area contributed by atoms with Crippen LogP contribution in [0.4, 0.5) is 0 Å². The molecule has 1 spiro atoms. The number of aromatic nitrogens is 5. The summed E-state index contributed by atoms with van der Waals surface area (Å²) in [7, 11) is 0. The summed E-state index contributed by atoms with van der Waals surface area (Å²) in [4.78, 5) is 25.8. The number of rotatable bonds is 2. The van der Waals surface area contributed by atoms with Crippen molar-refractivity contribution in [3.05, 3.63) is 41.2 Å². The predicted molar refractivity (Wildman–Crippen MR) is 97.8 cm³/mol. The number of Topliss-reactive ketones (excluding diaryl/α,β-unsaturated/α-hetero) is 1. The van der Waals surface area contributed by atoms with Crippen molar-refractivity contribution in [2.24, 2.45) is 0 Å². The number of imidazole rings is 1. The SMILES string of the molecule is O=C1CCCC[C@@]12CCCc1c2noc1-c1nc(Cl)cc(-n2ccnc2)n1. The zero-order valence-corrected chi connectivity index (χ0v) is 15.4. The van der Waals surface area contributed by atoms with Gasteiger partial charge in [-0.2, -0.15) is 0 Å². The van der Waals surface area contributed by atoms with E-state index < -0.39 is 5.41 Å². The molecular weight excluding hydrogens is 366 g/mol. The molecule has 5 rings (SSSR count). The van der Waals surface area contributed by atoms with Gasteiger partial charge in [-0.05, 0) is 32.1 Å². The molecule has 0 aliphatic heterocycles. The van der Waals surface area contributed by atoms with Gasteiger partial charge < -0.3 is 4.52 Å². The van der Waals surface area contributed by atoms with Crippen molar-refractivity contribution in [1.29, 1.82) is 0 Å². The fraction of sp³-hybridized carbons (Fsp3) is 0.421. The van der Waals surface area contributed by atoms with Crippen LogP contribution in [0.15, 0.2) is 29.3 Å². The van der Waals surface area contributed by atoms with Crippen molar-refractivity contribution < 1.29 is 9.32 Å². The molecule has 0 unspecified atom stereocenters. The molecule has 138 valence electrons. The number of nitrogens with zero attached hydrogens (tertiary/aromatic N) is 5. The maximum Gasteiger partial charge on any atom is 0.207 e. The Morgan fingerprint density at radius 2 is 2.04 bits per heavy atom. The smallest absolute Gasteiger partial charge is 0.207 e. The van der Waals surface area contributed by atoms with Crippen molar-refractivity contribution in [3.8, 4) is 17.4 Å². The van der Waals surface area contributed by atoms with Crippen LogP contribution in [0, 0.1) is 0 Å². The van der Waals surface area contributed by atoms with Gasteiger partial charge in [-0.3, -0.25) is 9.36 Å². The first-order valence-corrected chi connectivity index (χ1v) is 9.61. The molecule has 3 aromatic rings. The Labute approximate surface area is 160 Å². The summed E-state index contributed by atoms with van der Waals surface area (Å²) in [5.74, 6) is 1.80. The van der Waals surface area contributed by atoms with Crippen LogP contribution >= 0.6 is 11.6 Å². The second kappa shape index (κ2) is 6.27. The van der Waals surface area contributed by atoms with E-state index in [-0.39, 0.29) is 0 Å². The molecule has 0 amide bonds. The highest BCUT2D eigenvalue weighted by Crippen LogP contribution is 2.47. The van der Waals surface area contributed by atoms with E-state index in [0.717, 1.165) is 49.8 Å². The van der Waals surface area contributed by atoms with Crippen molar-refractivity contribution in [2.45, 2.75) is 50.4 Å². The van der Waals surface area contributed by atoms with Crippen LogP contribution < -0.4 is 0 Å². The zero-order chi connectivity index (χ0) is 18.4. The van der Waals surface area contributed by atoms with Gasteiger partial charge in [0.1, 0.15) is 28.8 Å². The van der Waals surface area contributed by atoms with Gasteiger partial charge in [0.25, 0.3) is 0 Å². The largest absolute Gasteiger partial charge is 0.352 e. The standard InChI is InChI=1S/C19H18ClN5O2/c20-14-10-15(25-9-8-21-11-25)23-18(22-14)16-12-4-3-7-19(17(12)24-27-16)6-2-1-5-13(19)26/h8-11H,1-7H2/t19-/m1/s1. The molecule has 8 heteroatoms. The Morgan fingerprint density at radius 1 is 1.15 bits per heavy atom. The molecule has 27 heavy (non-hydrogen) atoms. The minimum Gasteiger partial charge on any atom is -0.352 e. The average molecular weight is 384 g/mol. The number of fused-ring (bicyclic) bond motifs is 2. The van der Waals surface area contributed by atoms with Crippen molar-refractivity contribution in [3.63, 3.8) is 0 Å². The number of carbonyl (C=O) groups excluding carboxylic acids is 1. The molecule has 1 atom stereocenters. The number of halogens is 1. The Kier molecular flexibility index (Phi) is 3.86. The Morgan fingerprint density at radius 3 is 2.85 bits per heavy atom. The third-order valence-electron chi connectivity index (χ3n) is 5.72. The predicted octanol–water partition coefficient (Wildman–Crippen LogP) is 3.69. The normalized spacial score (nSPS) is 22.2. The van der Waals surface area contributed by atoms with E-state index in [1.807, 2.05) is 0 Å². The summed E-state index contributed by atoms with van der Waals surface area (Å²) >= 11 is 6.23. The van der Waals surface area contributed by atoms with E-state index in [2.05, 4.69) is 20.1 Å². The second-order valence-corrected chi connectivity index (χ2v) is 7.63. The molecule has 2 aliphatic rings. The van der Waals surface area contributed by atoms with Gasteiger partial charge >= 0.3 is 0 Å². The Hall–Kier alpha value is -2.54. The summed E-state index contributed by atoms with van der Waals surface area (Å²) in [5.41, 5.74) is 1.26. The third kappa shape index (κ3) is 2.60. The van der Waals surface area contributed by atoms with Gasteiger partial charge in [0, 0.05) is 30.4 Å². The van der Waals surface area contributed by atoms with Gasteiger partial charge in [0.15, 0.2) is 0 Å². The van der Waals surface area contributed by atoms with E-state index in [1.54, 1.807) is 29.4 Å². The summed E-state index contributed by atoms with van der Waals surface area (Å²) in [5, 5.41) is 4.66. The van der Waals surface area contributed by atoms with E-state index in [9.17, 15) is 4.79 Å². The fourth-order valence-corrected chi connectivity index (χ4v) is 4.60. The fourth-order valence-electron chi connectivity index (χ4n) is 4.42. The molecule has 0 aromatic carbocycles. The van der Waals surface area contributed by atoms with Crippen LogP contribution in [0.2, 0.25) is 5.15 Å². The molecule has 7 nitrogen and oxygen atoms in total. The van der Waals surface area contributed by atoms with E-state index in [0.29, 0.717) is 34.8 Å². The highest BCUT2D eigenvalue weighted by Gasteiger charge is 2.47. The summed E-state index contributed by atoms with van der Waals surface area (Å²) in [6, 6.07) is 1.67. The molecule has 1 fully saturated rings. The van der Waals surface area contributed by atoms with Crippen LogP contribution in [0.3, 0.4) is 0 Å². The topological polar surface area (TPSA) is 86.7 Å². The van der Waals surface area contributed by atoms with Gasteiger partial charge in [-0.15, -0.1) is 0 Å². The number of hydrogen-bond donors (Lipinski definition) is 0. The monoisotopic (exact) mass is 383 g/mol. The molecule has 1 saturated carbocycles. The van der Waals surface area contributed by atoms with Crippen LogP contribution in [0.25, 0.3) is 17.4 Å². The van der Waals surface area contributed by atoms with Crippen LogP contribution in [-0.2, 0) is 16.6 Å². The minimum atomic E-state index is -0.487. The number of hydrogen-bond acceptors (Lipinski definition) is 6. The molecule has 2 aliphatic carbocycles. The van der Waals surface area contributed by atoms with E-state index >= 15 is 0 Å². The van der Waals surface area contributed by atoms with Crippen LogP contribution in [0.1, 0.15) is 49.8 Å². The number of carbonyl (C=O) groups is 1. The molecule has 0 radical (unpaired) electrons. The maximum atomic E-state index is 12.8. The minimum absolute atomic E-state index is 0.292. The first-order valence-electron chi connectivity index (χ1n) is 9.23. The highest BCUT2D eigenvalue weighted by atomic mass is 35.5. The Balaban J connectivity index is 1.63. The van der Waals surface area contributed by atoms with Gasteiger partial charge in [0.05, 0.1) is 5.41 Å². The van der Waals surface area contributed by atoms with Crippen molar-refractivity contribution in [1.82, 2.24) is 24.7 Å². The van der Waals surface area contributed by atoms with Gasteiger partial charge in [0.2, 0.25) is 11.6 Å². The second-order valence-electron chi connectivity index (χ2n) is 7.25. The molecular formula is C19H18ClN5O2. The molecule has 0 N–H and O–H groups in total. The summed E-state index contributed by atoms with van der Waals surface area (Å²) < 4.78 is 7.45. The molecule has 3 aromatic heterocycles. The first-order chi connectivity index (χ1) is 13.2. The summed E-state index contributed by atoms with van der Waals surface area (Å²) in [6.07, 6.45) is 11.2. The Bertz CT molecular complexity index is 1010. The lowest BCUT2D eigenvalue weighted by Crippen LogP contribution is -2.41. The molecule has 3 heterocycles. The number of ketones is 1. The van der Waals surface area contributed by atoms with Crippen LogP contribution in [0.5, 0.6) is 0 Å². The lowest BCUT2D eigenvalue weighted by Gasteiger charge is -2.37. The van der Waals surface area contributed by atoms with E-state index in [4.69, 9.17) is 16.1 Å². The molecule has 0 saturated heterocycles. The lowest BCUT2D eigenvalue weighted by molar-refractivity contribution is -0.127. The van der Waals surface area contributed by atoms with Crippen molar-refractivity contribution >= 4 is 17.4 Å². The quantitative estimate of drug-likeness (QED) is 0.627. The first kappa shape index (κ1) is 16.6.